The summed E-state index contributed by atoms with van der Waals surface area (Å²) in [6.45, 7) is 2.23. The van der Waals surface area contributed by atoms with Crippen molar-refractivity contribution in [2.75, 3.05) is 31.6 Å². The molecule has 2 fully saturated rings. The zero-order valence-corrected chi connectivity index (χ0v) is 15.1. The molecule has 26 heavy (non-hydrogen) atoms. The maximum atomic E-state index is 13.1. The van der Waals surface area contributed by atoms with Gasteiger partial charge >= 0.3 is 0 Å². The van der Waals surface area contributed by atoms with E-state index in [4.69, 9.17) is 16.3 Å². The molecular weight excluding hydrogens is 357 g/mol. The van der Waals surface area contributed by atoms with E-state index in [-0.39, 0.29) is 17.8 Å². The molecule has 0 saturated carbocycles. The molecule has 0 spiro atoms. The van der Waals surface area contributed by atoms with Crippen molar-refractivity contribution in [2.45, 2.75) is 12.5 Å². The quantitative estimate of drug-likeness (QED) is 0.826. The van der Waals surface area contributed by atoms with Crippen molar-refractivity contribution in [2.24, 2.45) is 5.92 Å². The zero-order chi connectivity index (χ0) is 18.3. The van der Waals surface area contributed by atoms with E-state index in [9.17, 15) is 9.18 Å². The number of nitrogens with zero attached hydrogens (tertiary/aromatic N) is 3. The summed E-state index contributed by atoms with van der Waals surface area (Å²) < 4.78 is 18.4. The third-order valence-corrected chi connectivity index (χ3v) is 5.47. The van der Waals surface area contributed by atoms with Gasteiger partial charge in [-0.15, -0.1) is 0 Å². The minimum absolute atomic E-state index is 0.0641. The number of rotatable bonds is 3. The van der Waals surface area contributed by atoms with Crippen LogP contribution in [0.5, 0.6) is 5.75 Å². The first-order chi connectivity index (χ1) is 12.6. The molecule has 3 heterocycles. The Morgan fingerprint density at radius 3 is 2.88 bits per heavy atom. The van der Waals surface area contributed by atoms with Gasteiger partial charge in [-0.1, -0.05) is 11.6 Å². The van der Waals surface area contributed by atoms with Crippen LogP contribution < -0.4 is 9.64 Å². The molecule has 0 N–H and O–H groups in total. The number of ether oxygens (including phenoxy) is 1. The minimum atomic E-state index is -0.349. The molecule has 7 heteroatoms. The molecule has 0 radical (unpaired) electrons. The van der Waals surface area contributed by atoms with E-state index >= 15 is 0 Å². The highest BCUT2D eigenvalue weighted by Crippen LogP contribution is 2.35. The van der Waals surface area contributed by atoms with Crippen molar-refractivity contribution < 1.29 is 13.9 Å². The number of benzene rings is 1. The molecule has 2 saturated heterocycles. The Morgan fingerprint density at radius 1 is 1.31 bits per heavy atom. The van der Waals surface area contributed by atoms with E-state index < -0.39 is 0 Å². The van der Waals surface area contributed by atoms with Gasteiger partial charge in [0.2, 0.25) is 0 Å². The van der Waals surface area contributed by atoms with Crippen LogP contribution in [0.15, 0.2) is 36.5 Å². The van der Waals surface area contributed by atoms with Gasteiger partial charge in [-0.05, 0) is 36.8 Å². The van der Waals surface area contributed by atoms with Gasteiger partial charge in [0.05, 0.1) is 24.9 Å². The number of pyridine rings is 1. The molecular formula is C19H19ClFN3O2. The molecule has 2 aliphatic rings. The number of carbonyl (C=O) groups is 1. The fourth-order valence-electron chi connectivity index (χ4n) is 3.96. The number of methoxy groups -OCH3 is 1. The first-order valence-corrected chi connectivity index (χ1v) is 8.95. The average Bonchev–Trinajstić information content (AvgIpc) is 3.22. The van der Waals surface area contributed by atoms with Gasteiger partial charge < -0.3 is 14.5 Å². The van der Waals surface area contributed by atoms with Crippen molar-refractivity contribution in [1.29, 1.82) is 0 Å². The van der Waals surface area contributed by atoms with Crippen molar-refractivity contribution in [3.63, 3.8) is 0 Å². The maximum Gasteiger partial charge on any atom is 0.257 e. The fraction of sp³-hybridized carbons (Fsp3) is 0.368. The molecule has 5 nitrogen and oxygen atoms in total. The highest BCUT2D eigenvalue weighted by Gasteiger charge is 2.44. The summed E-state index contributed by atoms with van der Waals surface area (Å²) in [4.78, 5) is 21.3. The van der Waals surface area contributed by atoms with Crippen LogP contribution >= 0.6 is 11.6 Å². The van der Waals surface area contributed by atoms with E-state index in [1.807, 2.05) is 4.90 Å². The van der Waals surface area contributed by atoms with Gasteiger partial charge in [-0.2, -0.15) is 0 Å². The Labute approximate surface area is 156 Å². The topological polar surface area (TPSA) is 45.7 Å². The summed E-state index contributed by atoms with van der Waals surface area (Å²) in [5, 5.41) is 0.508. The van der Waals surface area contributed by atoms with Gasteiger partial charge in [0.25, 0.3) is 5.91 Å². The van der Waals surface area contributed by atoms with E-state index in [1.165, 1.54) is 12.3 Å². The number of fused-ring (bicyclic) bond motifs is 1. The third-order valence-electron chi connectivity index (χ3n) is 5.24. The lowest BCUT2D eigenvalue weighted by molar-refractivity contribution is 0.0735. The summed E-state index contributed by atoms with van der Waals surface area (Å²) in [6.07, 6.45) is 2.17. The van der Waals surface area contributed by atoms with Crippen LogP contribution in [0.4, 0.5) is 10.2 Å². The van der Waals surface area contributed by atoms with Crippen molar-refractivity contribution in [3.05, 3.63) is 52.9 Å². The molecule has 0 aliphatic carbocycles. The monoisotopic (exact) mass is 375 g/mol. The predicted octanol–water partition coefficient (Wildman–Crippen LogP) is 3.23. The van der Waals surface area contributed by atoms with E-state index in [0.29, 0.717) is 35.3 Å². The average molecular weight is 376 g/mol. The Balaban J connectivity index is 1.55. The fourth-order valence-corrected chi connectivity index (χ4v) is 4.13. The number of likely N-dealkylation sites (tertiary alicyclic amines) is 1. The van der Waals surface area contributed by atoms with Crippen LogP contribution in [0.3, 0.4) is 0 Å². The largest absolute Gasteiger partial charge is 0.496 e. The maximum absolute atomic E-state index is 13.1. The molecule has 2 unspecified atom stereocenters. The van der Waals surface area contributed by atoms with E-state index in [1.54, 1.807) is 31.4 Å². The predicted molar refractivity (Wildman–Crippen MR) is 97.3 cm³/mol. The molecule has 2 aromatic rings. The second-order valence-corrected chi connectivity index (χ2v) is 7.14. The van der Waals surface area contributed by atoms with Crippen LogP contribution in [0, 0.1) is 11.7 Å². The van der Waals surface area contributed by atoms with Crippen molar-refractivity contribution in [3.8, 4) is 5.75 Å². The summed E-state index contributed by atoms with van der Waals surface area (Å²) in [7, 11) is 1.55. The Hall–Kier alpha value is -2.34. The van der Waals surface area contributed by atoms with Crippen LogP contribution in [-0.2, 0) is 0 Å². The smallest absolute Gasteiger partial charge is 0.257 e. The van der Waals surface area contributed by atoms with Crippen molar-refractivity contribution >= 4 is 23.3 Å². The highest BCUT2D eigenvalue weighted by molar-refractivity contribution is 6.31. The van der Waals surface area contributed by atoms with Crippen LogP contribution in [0.2, 0.25) is 5.02 Å². The number of hydrogen-bond acceptors (Lipinski definition) is 4. The normalized spacial score (nSPS) is 21.8. The molecule has 2 atom stereocenters. The molecule has 4 rings (SSSR count). The molecule has 1 amide bonds. The number of anilines is 1. The first-order valence-electron chi connectivity index (χ1n) is 8.58. The lowest BCUT2D eigenvalue weighted by Crippen LogP contribution is -2.40. The summed E-state index contributed by atoms with van der Waals surface area (Å²) >= 11 is 6.08. The molecule has 2 aliphatic heterocycles. The van der Waals surface area contributed by atoms with Crippen LogP contribution in [-0.4, -0.2) is 48.6 Å². The summed E-state index contributed by atoms with van der Waals surface area (Å²) in [5.41, 5.74) is 0.485. The number of halogens is 2. The van der Waals surface area contributed by atoms with Crippen LogP contribution in [0.1, 0.15) is 16.8 Å². The van der Waals surface area contributed by atoms with E-state index in [2.05, 4.69) is 9.88 Å². The Kier molecular flexibility index (Phi) is 4.44. The number of hydrogen-bond donors (Lipinski definition) is 0. The summed E-state index contributed by atoms with van der Waals surface area (Å²) in [5.74, 6) is 1.24. The highest BCUT2D eigenvalue weighted by atomic mass is 35.5. The molecule has 0 bridgehead atoms. The van der Waals surface area contributed by atoms with Gasteiger partial charge in [-0.3, -0.25) is 4.79 Å². The van der Waals surface area contributed by atoms with Gasteiger partial charge in [0, 0.05) is 30.6 Å². The van der Waals surface area contributed by atoms with Gasteiger partial charge in [0.1, 0.15) is 17.4 Å². The number of aromatic nitrogens is 1. The Morgan fingerprint density at radius 2 is 2.15 bits per heavy atom. The second kappa shape index (κ2) is 6.76. The number of carbonyl (C=O) groups excluding carboxylic acids is 1. The Bertz CT molecular complexity index is 830. The number of amides is 1. The van der Waals surface area contributed by atoms with Gasteiger partial charge in [-0.25, -0.2) is 9.37 Å². The molecule has 1 aromatic heterocycles. The standard InChI is InChI=1S/C19H19ClFN3O2/c1-26-17-4-2-13(20)8-15(17)19(25)24-7-6-12-10-23(11-16(12)24)18-5-3-14(21)9-22-18/h2-5,8-9,12,16H,6-7,10-11H2,1H3. The first kappa shape index (κ1) is 17.1. The zero-order valence-electron chi connectivity index (χ0n) is 14.4. The van der Waals surface area contributed by atoms with E-state index in [0.717, 1.165) is 18.8 Å². The summed E-state index contributed by atoms with van der Waals surface area (Å²) in [6, 6.07) is 8.29. The molecule has 1 aromatic carbocycles. The van der Waals surface area contributed by atoms with Crippen LogP contribution in [0.25, 0.3) is 0 Å². The second-order valence-electron chi connectivity index (χ2n) is 6.70. The SMILES string of the molecule is COc1ccc(Cl)cc1C(=O)N1CCC2CN(c3ccc(F)cn3)CC21. The van der Waals surface area contributed by atoms with Crippen molar-refractivity contribution in [1.82, 2.24) is 9.88 Å². The minimum Gasteiger partial charge on any atom is -0.496 e. The lowest BCUT2D eigenvalue weighted by atomic mass is 10.0. The molecule has 136 valence electrons. The lowest BCUT2D eigenvalue weighted by Gasteiger charge is -2.26. The third kappa shape index (κ3) is 2.98. The van der Waals surface area contributed by atoms with Gasteiger partial charge in [0.15, 0.2) is 0 Å².